The number of carbonyl (C=O) groups is 1. The summed E-state index contributed by atoms with van der Waals surface area (Å²) >= 11 is 0. The van der Waals surface area contributed by atoms with Gasteiger partial charge in [-0.2, -0.15) is 4.31 Å². The molecule has 2 saturated heterocycles. The van der Waals surface area contributed by atoms with Gasteiger partial charge in [0.05, 0.1) is 22.7 Å². The molecule has 2 unspecified atom stereocenters. The van der Waals surface area contributed by atoms with Gasteiger partial charge < -0.3 is 14.1 Å². The number of nitrogens with zero attached hydrogens (tertiary/aromatic N) is 2. The number of sulfonamides is 1. The molecule has 0 spiro atoms. The molecule has 0 radical (unpaired) electrons. The van der Waals surface area contributed by atoms with Crippen LogP contribution in [0.4, 0.5) is 4.39 Å². The summed E-state index contributed by atoms with van der Waals surface area (Å²) < 4.78 is 51.8. The van der Waals surface area contributed by atoms with E-state index in [1.54, 1.807) is 24.8 Å². The quantitative estimate of drug-likeness (QED) is 0.776. The lowest BCUT2D eigenvalue weighted by molar-refractivity contribution is -0.113. The van der Waals surface area contributed by atoms with Gasteiger partial charge in [-0.15, -0.1) is 0 Å². The Morgan fingerprint density at radius 2 is 1.79 bits per heavy atom. The van der Waals surface area contributed by atoms with Crippen molar-refractivity contribution in [1.82, 2.24) is 9.21 Å². The Hall–Kier alpha value is -2.23. The van der Waals surface area contributed by atoms with Crippen molar-refractivity contribution in [2.45, 2.75) is 31.0 Å². The number of halogens is 1. The molecule has 2 aliphatic rings. The third-order valence-corrected chi connectivity index (χ3v) is 6.87. The molecule has 9 heteroatoms. The summed E-state index contributed by atoms with van der Waals surface area (Å²) in [7, 11) is -3.82. The Balaban J connectivity index is 1.51. The van der Waals surface area contributed by atoms with Gasteiger partial charge in [0.25, 0.3) is 5.91 Å². The van der Waals surface area contributed by atoms with Crippen molar-refractivity contribution in [2.24, 2.45) is 0 Å². The largest absolute Gasteiger partial charge is 0.466 e. The van der Waals surface area contributed by atoms with Crippen LogP contribution >= 0.6 is 0 Å². The minimum Gasteiger partial charge on any atom is -0.466 e. The van der Waals surface area contributed by atoms with Crippen LogP contribution in [-0.4, -0.2) is 61.9 Å². The van der Waals surface area contributed by atoms with Crippen LogP contribution in [-0.2, 0) is 14.8 Å². The average Bonchev–Trinajstić information content (AvgIpc) is 2.98. The van der Waals surface area contributed by atoms with Crippen molar-refractivity contribution < 1.29 is 26.8 Å². The third kappa shape index (κ3) is 3.45. The van der Waals surface area contributed by atoms with E-state index in [0.717, 1.165) is 6.07 Å². The van der Waals surface area contributed by atoms with Crippen LogP contribution in [0.2, 0.25) is 0 Å². The van der Waals surface area contributed by atoms with E-state index in [2.05, 4.69) is 0 Å². The van der Waals surface area contributed by atoms with E-state index >= 15 is 0 Å². The van der Waals surface area contributed by atoms with Crippen LogP contribution in [0.5, 0.6) is 0 Å². The van der Waals surface area contributed by atoms with E-state index < -0.39 is 28.0 Å². The van der Waals surface area contributed by atoms with Gasteiger partial charge in [-0.05, 0) is 38.1 Å². The van der Waals surface area contributed by atoms with Crippen molar-refractivity contribution in [3.05, 3.63) is 53.2 Å². The Bertz CT molecular complexity index is 1010. The molecule has 2 aliphatic heterocycles. The number of rotatable bonds is 3. The fourth-order valence-corrected chi connectivity index (χ4v) is 5.34. The number of hydrogen-bond donors (Lipinski definition) is 0. The molecule has 28 heavy (non-hydrogen) atoms. The summed E-state index contributed by atoms with van der Waals surface area (Å²) in [6.07, 6.45) is -0.874. The maximum Gasteiger partial charge on any atom is 0.257 e. The topological polar surface area (TPSA) is 80.1 Å². The number of hydrogen-bond acceptors (Lipinski definition) is 5. The first-order valence-electron chi connectivity index (χ1n) is 9.01. The molecule has 1 aromatic carbocycles. The summed E-state index contributed by atoms with van der Waals surface area (Å²) in [6, 6.07) is 6.68. The highest BCUT2D eigenvalue weighted by atomic mass is 32.2. The second kappa shape index (κ2) is 6.98. The van der Waals surface area contributed by atoms with Crippen LogP contribution in [0.1, 0.15) is 21.9 Å². The number of furan rings is 1. The van der Waals surface area contributed by atoms with E-state index in [4.69, 9.17) is 9.15 Å². The molecule has 2 atom stereocenters. The molecule has 1 aromatic heterocycles. The van der Waals surface area contributed by atoms with Crippen LogP contribution in [0.3, 0.4) is 0 Å². The zero-order valence-corrected chi connectivity index (χ0v) is 16.4. The molecule has 150 valence electrons. The molecule has 4 rings (SSSR count). The Kier molecular flexibility index (Phi) is 4.76. The summed E-state index contributed by atoms with van der Waals surface area (Å²) in [5, 5.41) is 0. The van der Waals surface area contributed by atoms with Gasteiger partial charge in [-0.1, -0.05) is 6.07 Å². The monoisotopic (exact) mass is 408 g/mol. The van der Waals surface area contributed by atoms with Gasteiger partial charge in [0.1, 0.15) is 17.3 Å². The van der Waals surface area contributed by atoms with Crippen LogP contribution in [0.15, 0.2) is 39.6 Å². The second-order valence-corrected chi connectivity index (χ2v) is 9.13. The number of benzene rings is 1. The maximum atomic E-state index is 13.5. The summed E-state index contributed by atoms with van der Waals surface area (Å²) in [5.74, 6) is 0.488. The summed E-state index contributed by atoms with van der Waals surface area (Å²) in [5.41, 5.74) is 0.515. The molecule has 0 N–H and O–H groups in total. The minimum atomic E-state index is -3.82. The average molecular weight is 408 g/mol. The lowest BCUT2D eigenvalue weighted by Gasteiger charge is -2.45. The van der Waals surface area contributed by atoms with Crippen molar-refractivity contribution in [2.75, 3.05) is 26.2 Å². The van der Waals surface area contributed by atoms with Crippen LogP contribution in [0, 0.1) is 19.7 Å². The SMILES string of the molecule is Cc1cc(C(=O)N2CC3CN(S(=O)(=O)c4cccc(F)c4)CC(C2)O3)c(C)o1. The van der Waals surface area contributed by atoms with Gasteiger partial charge in [0, 0.05) is 26.2 Å². The van der Waals surface area contributed by atoms with Crippen molar-refractivity contribution in [3.8, 4) is 0 Å². The molecule has 7 nitrogen and oxygen atoms in total. The lowest BCUT2D eigenvalue weighted by atomic mass is 10.1. The van der Waals surface area contributed by atoms with E-state index in [9.17, 15) is 17.6 Å². The van der Waals surface area contributed by atoms with Crippen molar-refractivity contribution in [3.63, 3.8) is 0 Å². The zero-order chi connectivity index (χ0) is 20.1. The molecule has 0 aliphatic carbocycles. The van der Waals surface area contributed by atoms with E-state index in [-0.39, 0.29) is 37.0 Å². The first-order chi connectivity index (χ1) is 13.2. The fraction of sp³-hybridized carbons (Fsp3) is 0.421. The standard InChI is InChI=1S/C19H21FN2O5S/c1-12-6-18(13(2)26-12)19(23)21-8-15-10-22(11-16(9-21)27-15)28(24,25)17-5-3-4-14(20)7-17/h3-7,15-16H,8-11H2,1-2H3. The Morgan fingerprint density at radius 1 is 1.11 bits per heavy atom. The highest BCUT2D eigenvalue weighted by molar-refractivity contribution is 7.89. The Labute approximate surface area is 162 Å². The number of ether oxygens (including phenoxy) is 1. The van der Waals surface area contributed by atoms with Gasteiger partial charge in [0.15, 0.2) is 0 Å². The minimum absolute atomic E-state index is 0.0788. The Morgan fingerprint density at radius 3 is 2.36 bits per heavy atom. The van der Waals surface area contributed by atoms with Crippen molar-refractivity contribution >= 4 is 15.9 Å². The molecular formula is C19H21FN2O5S. The summed E-state index contributed by atoms with van der Waals surface area (Å²) in [4.78, 5) is 14.4. The first kappa shape index (κ1) is 19.1. The highest BCUT2D eigenvalue weighted by Gasteiger charge is 2.41. The maximum absolute atomic E-state index is 13.5. The first-order valence-corrected chi connectivity index (χ1v) is 10.5. The van der Waals surface area contributed by atoms with Gasteiger partial charge in [-0.25, -0.2) is 12.8 Å². The molecule has 2 bridgehead atoms. The fourth-order valence-electron chi connectivity index (χ4n) is 3.81. The molecule has 3 heterocycles. The highest BCUT2D eigenvalue weighted by Crippen LogP contribution is 2.27. The number of morpholine rings is 2. The van der Waals surface area contributed by atoms with Gasteiger partial charge in [0.2, 0.25) is 10.0 Å². The van der Waals surface area contributed by atoms with Gasteiger partial charge >= 0.3 is 0 Å². The third-order valence-electron chi connectivity index (χ3n) is 5.04. The zero-order valence-electron chi connectivity index (χ0n) is 15.6. The van der Waals surface area contributed by atoms with E-state index in [1.165, 1.54) is 22.5 Å². The van der Waals surface area contributed by atoms with E-state index in [0.29, 0.717) is 17.1 Å². The molecule has 2 fully saturated rings. The van der Waals surface area contributed by atoms with Crippen LogP contribution < -0.4 is 0 Å². The number of amides is 1. The molecule has 0 saturated carbocycles. The van der Waals surface area contributed by atoms with Crippen molar-refractivity contribution in [1.29, 1.82) is 0 Å². The number of fused-ring (bicyclic) bond motifs is 2. The van der Waals surface area contributed by atoms with E-state index in [1.807, 2.05) is 0 Å². The molecular weight excluding hydrogens is 387 g/mol. The predicted octanol–water partition coefficient (Wildman–Crippen LogP) is 1.95. The second-order valence-electron chi connectivity index (χ2n) is 7.20. The smallest absolute Gasteiger partial charge is 0.257 e. The predicted molar refractivity (Wildman–Crippen MR) is 97.9 cm³/mol. The number of carbonyl (C=O) groups excluding carboxylic acids is 1. The lowest BCUT2D eigenvalue weighted by Crippen LogP contribution is -2.61. The molecule has 2 aromatic rings. The van der Waals surface area contributed by atoms with Gasteiger partial charge in [-0.3, -0.25) is 4.79 Å². The molecule has 1 amide bonds. The summed E-state index contributed by atoms with van der Waals surface area (Å²) in [6.45, 7) is 4.33. The number of aryl methyl sites for hydroxylation is 2. The van der Waals surface area contributed by atoms with Crippen LogP contribution in [0.25, 0.3) is 0 Å². The normalized spacial score (nSPS) is 23.0.